The third-order valence-electron chi connectivity index (χ3n) is 3.90. The summed E-state index contributed by atoms with van der Waals surface area (Å²) in [5, 5.41) is 12.7. The van der Waals surface area contributed by atoms with Gasteiger partial charge in [-0.25, -0.2) is 0 Å². The summed E-state index contributed by atoms with van der Waals surface area (Å²) in [4.78, 5) is 12.1. The number of hydrogen-bond donors (Lipinski definition) is 2. The first-order chi connectivity index (χ1) is 7.40. The molecule has 0 aliphatic heterocycles. The van der Waals surface area contributed by atoms with Crippen molar-refractivity contribution in [3.05, 3.63) is 0 Å². The summed E-state index contributed by atoms with van der Waals surface area (Å²) in [7, 11) is 0. The van der Waals surface area contributed by atoms with E-state index in [0.717, 1.165) is 25.7 Å². The normalized spacial score (nSPS) is 23.5. The molecule has 1 rings (SSSR count). The van der Waals surface area contributed by atoms with Gasteiger partial charge in [-0.05, 0) is 26.2 Å². The SMILES string of the molecule is CCC(C)(O)CNC(=O)C1(C)CCCCC1. The Hall–Kier alpha value is -0.570. The van der Waals surface area contributed by atoms with E-state index < -0.39 is 5.60 Å². The Kier molecular flexibility index (Phi) is 4.36. The first kappa shape index (κ1) is 13.5. The molecule has 2 N–H and O–H groups in total. The molecule has 1 aliphatic carbocycles. The summed E-state index contributed by atoms with van der Waals surface area (Å²) < 4.78 is 0. The van der Waals surface area contributed by atoms with Crippen LogP contribution < -0.4 is 5.32 Å². The van der Waals surface area contributed by atoms with E-state index in [-0.39, 0.29) is 11.3 Å². The van der Waals surface area contributed by atoms with Gasteiger partial charge in [0.05, 0.1) is 5.60 Å². The molecule has 1 atom stereocenters. The molecule has 0 saturated heterocycles. The molecule has 3 nitrogen and oxygen atoms in total. The molecular weight excluding hydrogens is 202 g/mol. The second-order valence-corrected chi connectivity index (χ2v) is 5.65. The lowest BCUT2D eigenvalue weighted by molar-refractivity contribution is -0.133. The predicted molar refractivity (Wildman–Crippen MR) is 65.1 cm³/mol. The molecule has 1 saturated carbocycles. The summed E-state index contributed by atoms with van der Waals surface area (Å²) in [5.74, 6) is 0.112. The van der Waals surface area contributed by atoms with E-state index in [0.29, 0.717) is 13.0 Å². The average Bonchev–Trinajstić information content (AvgIpc) is 2.27. The van der Waals surface area contributed by atoms with E-state index in [1.807, 2.05) is 13.8 Å². The number of hydrogen-bond acceptors (Lipinski definition) is 2. The molecule has 1 unspecified atom stereocenters. The Bertz CT molecular complexity index is 242. The van der Waals surface area contributed by atoms with Crippen molar-refractivity contribution < 1.29 is 9.90 Å². The molecule has 1 aliphatic rings. The van der Waals surface area contributed by atoms with Crippen molar-refractivity contribution in [1.82, 2.24) is 5.32 Å². The predicted octanol–water partition coefficient (Wildman–Crippen LogP) is 2.23. The van der Waals surface area contributed by atoms with Crippen molar-refractivity contribution in [3.8, 4) is 0 Å². The van der Waals surface area contributed by atoms with Crippen LogP contribution in [-0.4, -0.2) is 23.2 Å². The monoisotopic (exact) mass is 227 g/mol. The summed E-state index contributed by atoms with van der Waals surface area (Å²) in [6.07, 6.45) is 6.15. The fourth-order valence-electron chi connectivity index (χ4n) is 2.17. The van der Waals surface area contributed by atoms with E-state index in [1.165, 1.54) is 6.42 Å². The number of carbonyl (C=O) groups is 1. The van der Waals surface area contributed by atoms with E-state index in [1.54, 1.807) is 6.92 Å². The summed E-state index contributed by atoms with van der Waals surface area (Å²) in [6.45, 7) is 6.09. The number of nitrogens with one attached hydrogen (secondary N) is 1. The van der Waals surface area contributed by atoms with Crippen LogP contribution in [0.4, 0.5) is 0 Å². The first-order valence-corrected chi connectivity index (χ1v) is 6.40. The zero-order chi connectivity index (χ0) is 12.2. The van der Waals surface area contributed by atoms with Crippen LogP contribution in [0.3, 0.4) is 0 Å². The topological polar surface area (TPSA) is 49.3 Å². The van der Waals surface area contributed by atoms with Crippen molar-refractivity contribution in [2.45, 2.75) is 64.9 Å². The smallest absolute Gasteiger partial charge is 0.226 e. The maximum absolute atomic E-state index is 12.1. The molecule has 1 fully saturated rings. The van der Waals surface area contributed by atoms with Crippen molar-refractivity contribution in [3.63, 3.8) is 0 Å². The van der Waals surface area contributed by atoms with Crippen LogP contribution in [-0.2, 0) is 4.79 Å². The number of rotatable bonds is 4. The number of carbonyl (C=O) groups excluding carboxylic acids is 1. The van der Waals surface area contributed by atoms with E-state index >= 15 is 0 Å². The Morgan fingerprint density at radius 3 is 2.44 bits per heavy atom. The summed E-state index contributed by atoms with van der Waals surface area (Å²) >= 11 is 0. The molecule has 0 radical (unpaired) electrons. The standard InChI is InChI=1S/C13H25NO2/c1-4-13(3,16)10-14-11(15)12(2)8-6-5-7-9-12/h16H,4-10H2,1-3H3,(H,14,15). The maximum atomic E-state index is 12.1. The van der Waals surface area contributed by atoms with Gasteiger partial charge in [-0.3, -0.25) is 4.79 Å². The van der Waals surface area contributed by atoms with Gasteiger partial charge in [-0.2, -0.15) is 0 Å². The molecule has 0 aromatic rings. The number of aliphatic hydroxyl groups is 1. The highest BCUT2D eigenvalue weighted by Gasteiger charge is 2.35. The van der Waals surface area contributed by atoms with Gasteiger partial charge in [0, 0.05) is 12.0 Å². The fraction of sp³-hybridized carbons (Fsp3) is 0.923. The lowest BCUT2D eigenvalue weighted by atomic mass is 9.75. The molecule has 0 aromatic heterocycles. The van der Waals surface area contributed by atoms with Gasteiger partial charge in [0.2, 0.25) is 5.91 Å². The van der Waals surface area contributed by atoms with Crippen molar-refractivity contribution in [2.75, 3.05) is 6.54 Å². The Labute approximate surface area is 98.6 Å². The second kappa shape index (κ2) is 5.17. The van der Waals surface area contributed by atoms with Crippen LogP contribution >= 0.6 is 0 Å². The van der Waals surface area contributed by atoms with Gasteiger partial charge in [0.1, 0.15) is 0 Å². The quantitative estimate of drug-likeness (QED) is 0.774. The zero-order valence-electron chi connectivity index (χ0n) is 10.8. The van der Waals surface area contributed by atoms with E-state index in [9.17, 15) is 9.90 Å². The van der Waals surface area contributed by atoms with Crippen molar-refractivity contribution in [2.24, 2.45) is 5.41 Å². The summed E-state index contributed by atoms with van der Waals surface area (Å²) in [6, 6.07) is 0. The van der Waals surface area contributed by atoms with Crippen molar-refractivity contribution in [1.29, 1.82) is 0 Å². The van der Waals surface area contributed by atoms with Crippen LogP contribution in [0.1, 0.15) is 59.3 Å². The maximum Gasteiger partial charge on any atom is 0.226 e. The minimum Gasteiger partial charge on any atom is -0.388 e. The van der Waals surface area contributed by atoms with Gasteiger partial charge in [0.25, 0.3) is 0 Å². The van der Waals surface area contributed by atoms with E-state index in [2.05, 4.69) is 5.32 Å². The largest absolute Gasteiger partial charge is 0.388 e. The minimum atomic E-state index is -0.777. The van der Waals surface area contributed by atoms with Crippen LogP contribution in [0.2, 0.25) is 0 Å². The van der Waals surface area contributed by atoms with Gasteiger partial charge in [-0.15, -0.1) is 0 Å². The minimum absolute atomic E-state index is 0.112. The van der Waals surface area contributed by atoms with Gasteiger partial charge in [0.15, 0.2) is 0 Å². The third kappa shape index (κ3) is 3.48. The highest BCUT2D eigenvalue weighted by atomic mass is 16.3. The Morgan fingerprint density at radius 2 is 1.94 bits per heavy atom. The molecule has 0 bridgehead atoms. The lowest BCUT2D eigenvalue weighted by Crippen LogP contribution is -2.46. The molecule has 3 heteroatoms. The summed E-state index contributed by atoms with van der Waals surface area (Å²) in [5.41, 5.74) is -0.983. The van der Waals surface area contributed by atoms with Crippen LogP contribution in [0.15, 0.2) is 0 Å². The second-order valence-electron chi connectivity index (χ2n) is 5.65. The molecule has 0 aromatic carbocycles. The number of amides is 1. The average molecular weight is 227 g/mol. The highest BCUT2D eigenvalue weighted by Crippen LogP contribution is 2.35. The molecule has 1 amide bonds. The van der Waals surface area contributed by atoms with Crippen molar-refractivity contribution >= 4 is 5.91 Å². The molecule has 94 valence electrons. The Morgan fingerprint density at radius 1 is 1.38 bits per heavy atom. The first-order valence-electron chi connectivity index (χ1n) is 6.40. The van der Waals surface area contributed by atoms with E-state index in [4.69, 9.17) is 0 Å². The highest BCUT2D eigenvalue weighted by molar-refractivity contribution is 5.82. The Balaban J connectivity index is 2.45. The zero-order valence-corrected chi connectivity index (χ0v) is 10.8. The van der Waals surface area contributed by atoms with Gasteiger partial charge < -0.3 is 10.4 Å². The van der Waals surface area contributed by atoms with Crippen LogP contribution in [0.5, 0.6) is 0 Å². The third-order valence-corrected chi connectivity index (χ3v) is 3.90. The van der Waals surface area contributed by atoms with Crippen LogP contribution in [0, 0.1) is 5.41 Å². The molecule has 0 spiro atoms. The molecular formula is C13H25NO2. The lowest BCUT2D eigenvalue weighted by Gasteiger charge is -2.33. The molecule has 16 heavy (non-hydrogen) atoms. The van der Waals surface area contributed by atoms with Crippen LogP contribution in [0.25, 0.3) is 0 Å². The molecule has 0 heterocycles. The fourth-order valence-corrected chi connectivity index (χ4v) is 2.17. The van der Waals surface area contributed by atoms with Gasteiger partial charge >= 0.3 is 0 Å². The van der Waals surface area contributed by atoms with Gasteiger partial charge in [-0.1, -0.05) is 33.1 Å².